The summed E-state index contributed by atoms with van der Waals surface area (Å²) in [6.45, 7) is 0.722. The second-order valence-corrected chi connectivity index (χ2v) is 9.61. The number of benzene rings is 3. The molecule has 0 aliphatic carbocycles. The van der Waals surface area contributed by atoms with Crippen molar-refractivity contribution < 1.29 is 13.2 Å². The van der Waals surface area contributed by atoms with Crippen molar-refractivity contribution in [2.24, 2.45) is 0 Å². The van der Waals surface area contributed by atoms with Gasteiger partial charge in [-0.05, 0) is 59.5 Å². The highest BCUT2D eigenvalue weighted by molar-refractivity contribution is 7.89. The maximum atomic E-state index is 12.9. The normalized spacial score (nSPS) is 14.2. The van der Waals surface area contributed by atoms with Crippen LogP contribution in [0.25, 0.3) is 0 Å². The van der Waals surface area contributed by atoms with Crippen LogP contribution in [0, 0.1) is 0 Å². The zero-order valence-electron chi connectivity index (χ0n) is 16.2. The average molecular weight is 441 g/mol. The zero-order chi connectivity index (χ0) is 21.1. The molecule has 0 saturated carbocycles. The summed E-state index contributed by atoms with van der Waals surface area (Å²) in [7, 11) is -3.55. The van der Waals surface area contributed by atoms with Crippen molar-refractivity contribution in [3.8, 4) is 0 Å². The molecule has 1 N–H and O–H groups in total. The lowest BCUT2D eigenvalue weighted by molar-refractivity contribution is -0.115. The van der Waals surface area contributed by atoms with Crippen molar-refractivity contribution >= 4 is 33.2 Å². The fourth-order valence-corrected chi connectivity index (χ4v) is 5.11. The van der Waals surface area contributed by atoms with Gasteiger partial charge in [-0.15, -0.1) is 0 Å². The monoisotopic (exact) mass is 440 g/mol. The van der Waals surface area contributed by atoms with Gasteiger partial charge in [0.1, 0.15) is 0 Å². The third-order valence-electron chi connectivity index (χ3n) is 5.13. The zero-order valence-corrected chi connectivity index (χ0v) is 17.8. The number of anilines is 1. The first-order valence-corrected chi connectivity index (χ1v) is 11.4. The molecule has 0 fully saturated rings. The van der Waals surface area contributed by atoms with E-state index in [4.69, 9.17) is 11.6 Å². The highest BCUT2D eigenvalue weighted by atomic mass is 35.5. The third-order valence-corrected chi connectivity index (χ3v) is 7.24. The number of hydrogen-bond acceptors (Lipinski definition) is 3. The Bertz CT molecular complexity index is 1160. The van der Waals surface area contributed by atoms with Crippen LogP contribution in [-0.4, -0.2) is 25.2 Å². The molecule has 0 bridgehead atoms. The van der Waals surface area contributed by atoms with E-state index in [1.165, 1.54) is 4.31 Å². The van der Waals surface area contributed by atoms with Gasteiger partial charge in [0.15, 0.2) is 0 Å². The topological polar surface area (TPSA) is 66.5 Å². The Morgan fingerprint density at radius 2 is 1.70 bits per heavy atom. The average Bonchev–Trinajstić information content (AvgIpc) is 2.75. The van der Waals surface area contributed by atoms with Gasteiger partial charge in [0.25, 0.3) is 0 Å². The molecule has 1 amide bonds. The molecule has 0 aromatic heterocycles. The molecule has 0 saturated heterocycles. The van der Waals surface area contributed by atoms with Crippen molar-refractivity contribution in [2.45, 2.75) is 24.3 Å². The minimum absolute atomic E-state index is 0.137. The molecule has 0 unspecified atom stereocenters. The van der Waals surface area contributed by atoms with E-state index in [2.05, 4.69) is 5.32 Å². The number of carbonyl (C=O) groups is 1. The van der Waals surface area contributed by atoms with E-state index in [0.717, 1.165) is 16.7 Å². The maximum absolute atomic E-state index is 12.9. The highest BCUT2D eigenvalue weighted by Crippen LogP contribution is 2.27. The molecule has 3 aromatic rings. The summed E-state index contributed by atoms with van der Waals surface area (Å²) in [6, 6.07) is 21.3. The van der Waals surface area contributed by atoms with Crippen LogP contribution >= 0.6 is 11.6 Å². The number of rotatable bonds is 5. The predicted molar refractivity (Wildman–Crippen MR) is 118 cm³/mol. The Labute approximate surface area is 181 Å². The van der Waals surface area contributed by atoms with Crippen molar-refractivity contribution in [3.05, 3.63) is 94.5 Å². The van der Waals surface area contributed by atoms with E-state index >= 15 is 0 Å². The molecule has 154 valence electrons. The molecule has 1 heterocycles. The standard InChI is InChI=1S/C23H21ClN2O3S/c24-20-9-6-17(7-10-20)14-23(27)25-21-11-8-18-12-13-26(16-19(18)15-21)30(28,29)22-4-2-1-3-5-22/h1-11,15H,12-14,16H2,(H,25,27). The summed E-state index contributed by atoms with van der Waals surface area (Å²) in [5, 5.41) is 3.53. The van der Waals surface area contributed by atoms with Crippen LogP contribution in [0.4, 0.5) is 5.69 Å². The molecule has 4 rings (SSSR count). The van der Waals surface area contributed by atoms with E-state index in [0.29, 0.717) is 28.6 Å². The van der Waals surface area contributed by atoms with E-state index in [1.807, 2.05) is 30.3 Å². The van der Waals surface area contributed by atoms with Crippen molar-refractivity contribution in [1.82, 2.24) is 4.31 Å². The van der Waals surface area contributed by atoms with E-state index in [1.54, 1.807) is 42.5 Å². The van der Waals surface area contributed by atoms with Crippen molar-refractivity contribution in [2.75, 3.05) is 11.9 Å². The maximum Gasteiger partial charge on any atom is 0.243 e. The van der Waals surface area contributed by atoms with Crippen molar-refractivity contribution in [1.29, 1.82) is 0 Å². The molecule has 5 nitrogen and oxygen atoms in total. The molecular formula is C23H21ClN2O3S. The van der Waals surface area contributed by atoms with Crippen LogP contribution in [0.15, 0.2) is 77.7 Å². The minimum atomic E-state index is -3.55. The number of halogens is 1. The number of nitrogens with one attached hydrogen (secondary N) is 1. The number of amides is 1. The largest absolute Gasteiger partial charge is 0.326 e. The summed E-state index contributed by atoms with van der Waals surface area (Å²) < 4.78 is 27.4. The van der Waals surface area contributed by atoms with Gasteiger partial charge in [-0.25, -0.2) is 8.42 Å². The summed E-state index contributed by atoms with van der Waals surface area (Å²) in [5.74, 6) is -0.137. The first-order chi connectivity index (χ1) is 14.4. The first kappa shape index (κ1) is 20.6. The lowest BCUT2D eigenvalue weighted by atomic mass is 10.0. The Hall–Kier alpha value is -2.67. The lowest BCUT2D eigenvalue weighted by Crippen LogP contribution is -2.36. The number of carbonyl (C=O) groups excluding carboxylic acids is 1. The molecule has 30 heavy (non-hydrogen) atoms. The van der Waals surface area contributed by atoms with Crippen LogP contribution < -0.4 is 5.32 Å². The van der Waals surface area contributed by atoms with Crippen molar-refractivity contribution in [3.63, 3.8) is 0 Å². The fraction of sp³-hybridized carbons (Fsp3) is 0.174. The molecule has 1 aliphatic rings. The van der Waals surface area contributed by atoms with Crippen LogP contribution in [0.1, 0.15) is 16.7 Å². The second-order valence-electron chi connectivity index (χ2n) is 7.24. The summed E-state index contributed by atoms with van der Waals surface area (Å²) >= 11 is 5.88. The smallest absolute Gasteiger partial charge is 0.243 e. The molecule has 3 aromatic carbocycles. The van der Waals surface area contributed by atoms with E-state index in [9.17, 15) is 13.2 Å². The van der Waals surface area contributed by atoms with Gasteiger partial charge in [-0.3, -0.25) is 4.79 Å². The number of hydrogen-bond donors (Lipinski definition) is 1. The van der Waals surface area contributed by atoms with Crippen LogP contribution in [-0.2, 0) is 34.2 Å². The van der Waals surface area contributed by atoms with Crippen LogP contribution in [0.2, 0.25) is 5.02 Å². The van der Waals surface area contributed by atoms with Gasteiger partial charge < -0.3 is 5.32 Å². The number of fused-ring (bicyclic) bond motifs is 1. The molecule has 1 aliphatic heterocycles. The molecular weight excluding hydrogens is 420 g/mol. The minimum Gasteiger partial charge on any atom is -0.326 e. The highest BCUT2D eigenvalue weighted by Gasteiger charge is 2.28. The Morgan fingerprint density at radius 3 is 2.43 bits per heavy atom. The first-order valence-electron chi connectivity index (χ1n) is 9.63. The SMILES string of the molecule is O=C(Cc1ccc(Cl)cc1)Nc1ccc2c(c1)CN(S(=O)(=O)c1ccccc1)CC2. The van der Waals surface area contributed by atoms with Crippen LogP contribution in [0.5, 0.6) is 0 Å². The van der Waals surface area contributed by atoms with Gasteiger partial charge >= 0.3 is 0 Å². The fourth-order valence-electron chi connectivity index (χ4n) is 3.55. The number of sulfonamides is 1. The van der Waals surface area contributed by atoms with Crippen LogP contribution in [0.3, 0.4) is 0 Å². The Balaban J connectivity index is 1.48. The molecule has 7 heteroatoms. The second kappa shape index (κ2) is 8.60. The summed E-state index contributed by atoms with van der Waals surface area (Å²) in [5.41, 5.74) is 3.54. The summed E-state index contributed by atoms with van der Waals surface area (Å²) in [6.07, 6.45) is 0.878. The van der Waals surface area contributed by atoms with E-state index < -0.39 is 10.0 Å². The Kier molecular flexibility index (Phi) is 5.90. The predicted octanol–water partition coefficient (Wildman–Crippen LogP) is 4.27. The van der Waals surface area contributed by atoms with Gasteiger partial charge in [-0.1, -0.05) is 48.0 Å². The molecule has 0 atom stereocenters. The van der Waals surface area contributed by atoms with Gasteiger partial charge in [0.2, 0.25) is 15.9 Å². The quantitative estimate of drug-likeness (QED) is 0.644. The van der Waals surface area contributed by atoms with Gasteiger partial charge in [0, 0.05) is 23.8 Å². The Morgan fingerprint density at radius 1 is 0.967 bits per heavy atom. The van der Waals surface area contributed by atoms with Gasteiger partial charge in [-0.2, -0.15) is 4.31 Å². The molecule has 0 spiro atoms. The molecule has 0 radical (unpaired) electrons. The third kappa shape index (κ3) is 4.56. The van der Waals surface area contributed by atoms with E-state index in [-0.39, 0.29) is 18.9 Å². The number of nitrogens with zero attached hydrogens (tertiary/aromatic N) is 1. The van der Waals surface area contributed by atoms with Gasteiger partial charge in [0.05, 0.1) is 11.3 Å². The summed E-state index contributed by atoms with van der Waals surface area (Å²) in [4.78, 5) is 12.7. The lowest BCUT2D eigenvalue weighted by Gasteiger charge is -2.28.